The molecule has 42 heavy (non-hydrogen) atoms. The van der Waals surface area contributed by atoms with E-state index in [9.17, 15) is 24.9 Å². The number of allylic oxidation sites excluding steroid dienone is 3. The quantitative estimate of drug-likeness (QED) is 0.214. The molecular weight excluding hydrogens is 532 g/mol. The van der Waals surface area contributed by atoms with Crippen LogP contribution >= 0.6 is 0 Å². The predicted molar refractivity (Wildman–Crippen MR) is 165 cm³/mol. The lowest BCUT2D eigenvalue weighted by atomic mass is 10.0. The van der Waals surface area contributed by atoms with Crippen molar-refractivity contribution in [3.05, 3.63) is 75.9 Å². The highest BCUT2D eigenvalue weighted by Crippen LogP contribution is 2.36. The molecule has 216 valence electrons. The summed E-state index contributed by atoms with van der Waals surface area (Å²) in [6, 6.07) is 7.68. The fraction of sp³-hybridized carbons (Fsp3) is 0.273. The highest BCUT2D eigenvalue weighted by atomic mass is 16.4. The summed E-state index contributed by atoms with van der Waals surface area (Å²) >= 11 is 0. The number of carboxylic acid groups (broad SMARTS) is 2. The Morgan fingerprint density at radius 2 is 1.24 bits per heavy atom. The maximum Gasteiger partial charge on any atom is 0.303 e. The number of nitrogens with zero attached hydrogens (tertiary/aromatic N) is 2. The summed E-state index contributed by atoms with van der Waals surface area (Å²) in [6.45, 7) is 11.6. The van der Waals surface area contributed by atoms with E-state index < -0.39 is 11.9 Å². The zero-order valence-electron chi connectivity index (χ0n) is 24.2. The number of H-pyrrole nitrogens is 2. The summed E-state index contributed by atoms with van der Waals surface area (Å²) in [7, 11) is 0. The van der Waals surface area contributed by atoms with E-state index in [0.29, 0.717) is 35.3 Å². The van der Waals surface area contributed by atoms with Crippen molar-refractivity contribution >= 4 is 62.4 Å². The molecule has 2 aliphatic rings. The molecule has 0 spiro atoms. The minimum absolute atomic E-state index is 0.0449. The standard InChI is InChI=1S/C33H34N4O5/c1-6-20-16(2)24-11-25-17(3)21(7-9-32(39)40)29(35-25)14-30-22(8-10-33(41)42)18(4)26(36-30)13-31-23(15-38)19(5)27(37-31)12-28(20)34-24/h6,11-14,34,36,38H,1,7-10,15H2,2-5H3,(H,39,40)(H,41,42). The molecule has 5 rings (SSSR count). The average molecular weight is 567 g/mol. The molecular formula is C33H34N4O5. The summed E-state index contributed by atoms with van der Waals surface area (Å²) in [5.74, 6) is -1.80. The zero-order chi connectivity index (χ0) is 30.3. The first kappa shape index (κ1) is 28.8. The normalized spacial score (nSPS) is 13.2. The Bertz CT molecular complexity index is 1890. The molecule has 0 saturated heterocycles. The van der Waals surface area contributed by atoms with Gasteiger partial charge in [-0.15, -0.1) is 0 Å². The number of hydrogen-bond donors (Lipinski definition) is 5. The number of nitrogens with one attached hydrogen (secondary N) is 2. The molecule has 0 unspecified atom stereocenters. The Hall–Kier alpha value is -4.76. The van der Waals surface area contributed by atoms with E-state index in [1.807, 2.05) is 52.0 Å². The van der Waals surface area contributed by atoms with Gasteiger partial charge in [-0.05, 0) is 98.2 Å². The van der Waals surface area contributed by atoms with Crippen LogP contribution in [0.4, 0.5) is 0 Å². The Kier molecular flexibility index (Phi) is 7.71. The fourth-order valence-corrected chi connectivity index (χ4v) is 5.74. The van der Waals surface area contributed by atoms with Gasteiger partial charge < -0.3 is 25.3 Å². The van der Waals surface area contributed by atoms with Gasteiger partial charge in [-0.25, -0.2) is 9.97 Å². The Morgan fingerprint density at radius 1 is 0.738 bits per heavy atom. The van der Waals surface area contributed by atoms with E-state index in [0.717, 1.165) is 66.9 Å². The molecule has 0 amide bonds. The largest absolute Gasteiger partial charge is 0.481 e. The second-order valence-electron chi connectivity index (χ2n) is 10.7. The molecule has 9 nitrogen and oxygen atoms in total. The molecule has 8 bridgehead atoms. The van der Waals surface area contributed by atoms with Crippen molar-refractivity contribution < 1.29 is 24.9 Å². The van der Waals surface area contributed by atoms with Crippen molar-refractivity contribution in [1.82, 2.24) is 19.9 Å². The van der Waals surface area contributed by atoms with E-state index in [1.165, 1.54) is 0 Å². The molecule has 3 aromatic rings. The topological polar surface area (TPSA) is 152 Å². The van der Waals surface area contributed by atoms with Crippen LogP contribution in [0.15, 0.2) is 30.8 Å². The van der Waals surface area contributed by atoms with E-state index in [-0.39, 0.29) is 19.4 Å². The number of aliphatic carboxylic acids is 2. The number of aliphatic hydroxyl groups is 1. The third-order valence-electron chi connectivity index (χ3n) is 8.26. The zero-order valence-corrected chi connectivity index (χ0v) is 24.2. The van der Waals surface area contributed by atoms with Crippen molar-refractivity contribution in [2.24, 2.45) is 0 Å². The number of hydrogen-bond acceptors (Lipinski definition) is 5. The monoisotopic (exact) mass is 566 g/mol. The molecule has 3 aromatic heterocycles. The first-order chi connectivity index (χ1) is 20.0. The number of fused-ring (bicyclic) bond motifs is 8. The summed E-state index contributed by atoms with van der Waals surface area (Å²) in [4.78, 5) is 39.8. The minimum atomic E-state index is -0.901. The Balaban J connectivity index is 1.93. The van der Waals surface area contributed by atoms with Crippen molar-refractivity contribution in [2.45, 2.75) is 53.4 Å². The van der Waals surface area contributed by atoms with Gasteiger partial charge in [0.15, 0.2) is 0 Å². The van der Waals surface area contributed by atoms with Crippen LogP contribution in [0.2, 0.25) is 0 Å². The van der Waals surface area contributed by atoms with E-state index in [1.54, 1.807) is 6.08 Å². The third-order valence-corrected chi connectivity index (χ3v) is 8.26. The summed E-state index contributed by atoms with van der Waals surface area (Å²) in [5.41, 5.74) is 12.7. The van der Waals surface area contributed by atoms with Gasteiger partial charge in [0.2, 0.25) is 0 Å². The lowest BCUT2D eigenvalue weighted by Crippen LogP contribution is -1.98. The molecule has 0 aromatic carbocycles. The number of rotatable bonds is 8. The van der Waals surface area contributed by atoms with Crippen LogP contribution in [0.3, 0.4) is 0 Å². The lowest BCUT2D eigenvalue weighted by molar-refractivity contribution is -0.137. The summed E-state index contributed by atoms with van der Waals surface area (Å²) in [6.07, 6.45) is 2.31. The van der Waals surface area contributed by atoms with Gasteiger partial charge in [-0.3, -0.25) is 9.59 Å². The van der Waals surface area contributed by atoms with Gasteiger partial charge in [0, 0.05) is 46.0 Å². The number of aryl methyl sites for hydroxylation is 3. The van der Waals surface area contributed by atoms with Crippen LogP contribution in [-0.4, -0.2) is 53.8 Å². The van der Waals surface area contributed by atoms with Crippen molar-refractivity contribution in [2.75, 3.05) is 6.61 Å². The van der Waals surface area contributed by atoms with E-state index in [2.05, 4.69) is 16.5 Å². The molecule has 9 heteroatoms. The first-order valence-corrected chi connectivity index (χ1v) is 13.8. The number of aromatic nitrogens is 4. The number of carboxylic acids is 2. The van der Waals surface area contributed by atoms with Crippen molar-refractivity contribution in [3.63, 3.8) is 0 Å². The van der Waals surface area contributed by atoms with Crippen molar-refractivity contribution in [3.8, 4) is 0 Å². The molecule has 0 atom stereocenters. The molecule has 0 fully saturated rings. The average Bonchev–Trinajstić information content (AvgIpc) is 3.59. The van der Waals surface area contributed by atoms with Crippen LogP contribution in [0, 0.1) is 13.8 Å². The molecule has 5 N–H and O–H groups in total. The number of carbonyl (C=O) groups is 2. The third kappa shape index (κ3) is 5.19. The van der Waals surface area contributed by atoms with Crippen LogP contribution in [-0.2, 0) is 16.0 Å². The summed E-state index contributed by atoms with van der Waals surface area (Å²) < 4.78 is 0. The van der Waals surface area contributed by atoms with Crippen LogP contribution in [0.1, 0.15) is 78.1 Å². The van der Waals surface area contributed by atoms with Crippen LogP contribution in [0.5, 0.6) is 0 Å². The number of aromatic amines is 2. The minimum Gasteiger partial charge on any atom is -0.481 e. The molecule has 5 heterocycles. The van der Waals surface area contributed by atoms with Gasteiger partial charge in [0.1, 0.15) is 0 Å². The molecule has 0 radical (unpaired) electrons. The van der Waals surface area contributed by atoms with Crippen LogP contribution < -0.4 is 0 Å². The molecule has 0 saturated carbocycles. The summed E-state index contributed by atoms with van der Waals surface area (Å²) in [5, 5.41) is 29.2. The second-order valence-corrected chi connectivity index (χ2v) is 10.7. The molecule has 0 aliphatic carbocycles. The fourth-order valence-electron chi connectivity index (χ4n) is 5.74. The van der Waals surface area contributed by atoms with Crippen molar-refractivity contribution in [1.29, 1.82) is 0 Å². The molecule has 2 aliphatic heterocycles. The van der Waals surface area contributed by atoms with Gasteiger partial charge in [-0.2, -0.15) is 0 Å². The second kappa shape index (κ2) is 11.3. The Morgan fingerprint density at radius 3 is 1.86 bits per heavy atom. The highest BCUT2D eigenvalue weighted by molar-refractivity contribution is 5.96. The Labute approximate surface area is 243 Å². The maximum atomic E-state index is 11.5. The SMILES string of the molecule is C=Cc1c(C)c2cc3nc(cc4[nH]c(cc5nc(cc1[nH]2)C(C)=C5CO)c(C)c4CCC(=O)O)C(CCC(=O)O)=C3C. The van der Waals surface area contributed by atoms with E-state index >= 15 is 0 Å². The smallest absolute Gasteiger partial charge is 0.303 e. The van der Waals surface area contributed by atoms with Gasteiger partial charge in [0.05, 0.1) is 29.4 Å². The van der Waals surface area contributed by atoms with Gasteiger partial charge in [-0.1, -0.05) is 12.7 Å². The predicted octanol–water partition coefficient (Wildman–Crippen LogP) is 6.31. The lowest BCUT2D eigenvalue weighted by Gasteiger charge is -2.03. The van der Waals surface area contributed by atoms with Crippen LogP contribution in [0.25, 0.3) is 50.4 Å². The number of aliphatic hydroxyl groups excluding tert-OH is 1. The van der Waals surface area contributed by atoms with Gasteiger partial charge in [0.25, 0.3) is 0 Å². The maximum absolute atomic E-state index is 11.5. The van der Waals surface area contributed by atoms with E-state index in [4.69, 9.17) is 9.97 Å². The highest BCUT2D eigenvalue weighted by Gasteiger charge is 2.21. The van der Waals surface area contributed by atoms with Gasteiger partial charge >= 0.3 is 11.9 Å². The first-order valence-electron chi connectivity index (χ1n) is 13.8.